The van der Waals surface area contributed by atoms with Crippen LogP contribution in [0.3, 0.4) is 0 Å². The molecular weight excluding hydrogens is 330 g/mol. The van der Waals surface area contributed by atoms with Gasteiger partial charge in [0, 0.05) is 31.2 Å². The third-order valence-corrected chi connectivity index (χ3v) is 5.06. The van der Waals surface area contributed by atoms with E-state index >= 15 is 0 Å². The number of rotatable bonds is 2. The summed E-state index contributed by atoms with van der Waals surface area (Å²) in [6, 6.07) is 5.56. The van der Waals surface area contributed by atoms with Gasteiger partial charge in [-0.15, -0.1) is 0 Å². The van der Waals surface area contributed by atoms with Gasteiger partial charge in [-0.3, -0.25) is 9.78 Å². The number of piperidine rings is 1. The van der Waals surface area contributed by atoms with Gasteiger partial charge < -0.3 is 14.5 Å². The molecule has 0 aliphatic carbocycles. The molecule has 2 aromatic heterocycles. The molecular formula is C19H23N5O2. The molecule has 0 aromatic carbocycles. The smallest absolute Gasteiger partial charge is 0.272 e. The van der Waals surface area contributed by atoms with Crippen molar-refractivity contribution in [2.75, 3.05) is 37.7 Å². The van der Waals surface area contributed by atoms with Gasteiger partial charge in [-0.25, -0.2) is 9.97 Å². The number of morpholine rings is 1. The number of hydrogen-bond acceptors (Lipinski definition) is 6. The summed E-state index contributed by atoms with van der Waals surface area (Å²) in [7, 11) is 0. The van der Waals surface area contributed by atoms with E-state index in [0.29, 0.717) is 25.4 Å². The van der Waals surface area contributed by atoms with Gasteiger partial charge in [0.1, 0.15) is 17.1 Å². The number of anilines is 1. The Labute approximate surface area is 153 Å². The molecule has 1 atom stereocenters. The van der Waals surface area contributed by atoms with Crippen molar-refractivity contribution in [1.82, 2.24) is 19.9 Å². The third kappa shape index (κ3) is 3.39. The van der Waals surface area contributed by atoms with E-state index in [1.165, 1.54) is 0 Å². The van der Waals surface area contributed by atoms with E-state index < -0.39 is 0 Å². The summed E-state index contributed by atoms with van der Waals surface area (Å²) in [5.74, 6) is 0.840. The van der Waals surface area contributed by atoms with Crippen LogP contribution in [-0.4, -0.2) is 64.1 Å². The van der Waals surface area contributed by atoms with Crippen LogP contribution in [0, 0.1) is 6.92 Å². The largest absolute Gasteiger partial charge is 0.369 e. The fraction of sp³-hybridized carbons (Fsp3) is 0.474. The zero-order valence-electron chi connectivity index (χ0n) is 15.0. The first-order valence-corrected chi connectivity index (χ1v) is 9.03. The van der Waals surface area contributed by atoms with Crippen LogP contribution in [-0.2, 0) is 4.74 Å². The Morgan fingerprint density at radius 3 is 2.96 bits per heavy atom. The first-order chi connectivity index (χ1) is 12.7. The van der Waals surface area contributed by atoms with Crippen molar-refractivity contribution in [2.24, 2.45) is 0 Å². The summed E-state index contributed by atoms with van der Waals surface area (Å²) in [5.41, 5.74) is 1.00. The highest BCUT2D eigenvalue weighted by atomic mass is 16.5. The number of hydrogen-bond donors (Lipinski definition) is 0. The van der Waals surface area contributed by atoms with Gasteiger partial charge >= 0.3 is 0 Å². The normalized spacial score (nSPS) is 23.3. The van der Waals surface area contributed by atoms with Crippen LogP contribution in [0.2, 0.25) is 0 Å². The van der Waals surface area contributed by atoms with Crippen molar-refractivity contribution < 1.29 is 9.53 Å². The summed E-state index contributed by atoms with van der Waals surface area (Å²) in [6.45, 7) is 5.27. The Morgan fingerprint density at radius 1 is 1.23 bits per heavy atom. The molecule has 4 heterocycles. The minimum atomic E-state index is -0.354. The van der Waals surface area contributed by atoms with Crippen molar-refractivity contribution >= 4 is 11.7 Å². The van der Waals surface area contributed by atoms with E-state index in [-0.39, 0.29) is 11.5 Å². The number of ether oxygens (including phenoxy) is 1. The second kappa shape index (κ2) is 6.99. The Hall–Kier alpha value is -2.54. The summed E-state index contributed by atoms with van der Waals surface area (Å²) < 4.78 is 6.19. The quantitative estimate of drug-likeness (QED) is 0.818. The third-order valence-electron chi connectivity index (χ3n) is 5.06. The molecule has 2 saturated heterocycles. The molecule has 0 unspecified atom stereocenters. The first kappa shape index (κ1) is 16.9. The Balaban J connectivity index is 1.51. The lowest BCUT2D eigenvalue weighted by Crippen LogP contribution is -2.61. The SMILES string of the molecule is Cc1cccc(C(=O)N2CCO[C@]3(CCCN(c4cnccn4)C3)C2)n1. The second-order valence-electron chi connectivity index (χ2n) is 7.01. The number of carbonyl (C=O) groups is 1. The van der Waals surface area contributed by atoms with Crippen molar-refractivity contribution in [2.45, 2.75) is 25.4 Å². The van der Waals surface area contributed by atoms with Gasteiger partial charge in [0.05, 0.1) is 25.9 Å². The van der Waals surface area contributed by atoms with Gasteiger partial charge in [0.2, 0.25) is 0 Å². The molecule has 1 amide bonds. The summed E-state index contributed by atoms with van der Waals surface area (Å²) >= 11 is 0. The van der Waals surface area contributed by atoms with E-state index in [4.69, 9.17) is 4.74 Å². The molecule has 0 bridgehead atoms. The van der Waals surface area contributed by atoms with E-state index in [9.17, 15) is 4.79 Å². The van der Waals surface area contributed by atoms with Gasteiger partial charge in [0.25, 0.3) is 5.91 Å². The number of nitrogens with zero attached hydrogens (tertiary/aromatic N) is 5. The first-order valence-electron chi connectivity index (χ1n) is 9.03. The second-order valence-corrected chi connectivity index (χ2v) is 7.01. The van der Waals surface area contributed by atoms with Crippen LogP contribution in [0.5, 0.6) is 0 Å². The minimum absolute atomic E-state index is 0.0204. The zero-order valence-corrected chi connectivity index (χ0v) is 15.0. The average molecular weight is 353 g/mol. The molecule has 2 aromatic rings. The zero-order chi connectivity index (χ0) is 18.0. The molecule has 2 aliphatic rings. The number of carbonyl (C=O) groups excluding carboxylic acids is 1. The fourth-order valence-corrected chi connectivity index (χ4v) is 3.84. The van der Waals surface area contributed by atoms with E-state index in [1.807, 2.05) is 24.0 Å². The molecule has 136 valence electrons. The maximum absolute atomic E-state index is 12.9. The maximum Gasteiger partial charge on any atom is 0.272 e. The highest BCUT2D eigenvalue weighted by Gasteiger charge is 2.42. The lowest BCUT2D eigenvalue weighted by Gasteiger charge is -2.48. The van der Waals surface area contributed by atoms with Crippen LogP contribution in [0.1, 0.15) is 29.0 Å². The van der Waals surface area contributed by atoms with Crippen LogP contribution in [0.4, 0.5) is 5.82 Å². The summed E-state index contributed by atoms with van der Waals surface area (Å²) in [5, 5.41) is 0. The predicted octanol–water partition coefficient (Wildman–Crippen LogP) is 1.69. The Morgan fingerprint density at radius 2 is 2.15 bits per heavy atom. The standard InChI is InChI=1S/C19H23N5O2/c1-15-4-2-5-16(22-15)18(25)24-10-11-26-19(14-24)6-3-9-23(13-19)17-12-20-7-8-21-17/h2,4-5,7-8,12H,3,6,9-11,13-14H2,1H3/t19-/m0/s1. The molecule has 0 radical (unpaired) electrons. The molecule has 0 saturated carbocycles. The van der Waals surface area contributed by atoms with E-state index in [1.54, 1.807) is 24.7 Å². The van der Waals surface area contributed by atoms with Crippen LogP contribution >= 0.6 is 0 Å². The molecule has 26 heavy (non-hydrogen) atoms. The summed E-state index contributed by atoms with van der Waals surface area (Å²) in [6.07, 6.45) is 7.10. The number of aromatic nitrogens is 3. The highest BCUT2D eigenvalue weighted by molar-refractivity contribution is 5.92. The minimum Gasteiger partial charge on any atom is -0.369 e. The van der Waals surface area contributed by atoms with Crippen LogP contribution in [0.25, 0.3) is 0 Å². The Kier molecular flexibility index (Phi) is 4.55. The molecule has 7 nitrogen and oxygen atoms in total. The lowest BCUT2D eigenvalue weighted by molar-refractivity contribution is -0.105. The summed E-state index contributed by atoms with van der Waals surface area (Å²) in [4.78, 5) is 29.9. The fourth-order valence-electron chi connectivity index (χ4n) is 3.84. The van der Waals surface area contributed by atoms with Gasteiger partial charge in [-0.1, -0.05) is 6.07 Å². The number of amides is 1. The van der Waals surface area contributed by atoms with Gasteiger partial charge in [-0.2, -0.15) is 0 Å². The van der Waals surface area contributed by atoms with Crippen molar-refractivity contribution in [3.05, 3.63) is 48.2 Å². The number of aryl methyl sites for hydroxylation is 1. The topological polar surface area (TPSA) is 71.5 Å². The molecule has 0 N–H and O–H groups in total. The average Bonchev–Trinajstić information content (AvgIpc) is 2.68. The lowest BCUT2D eigenvalue weighted by atomic mass is 9.90. The van der Waals surface area contributed by atoms with Gasteiger partial charge in [0.15, 0.2) is 0 Å². The van der Waals surface area contributed by atoms with Crippen LogP contribution in [0.15, 0.2) is 36.8 Å². The van der Waals surface area contributed by atoms with Crippen molar-refractivity contribution in [3.63, 3.8) is 0 Å². The monoisotopic (exact) mass is 353 g/mol. The molecule has 2 aliphatic heterocycles. The number of pyridine rings is 1. The Bertz CT molecular complexity index is 781. The highest BCUT2D eigenvalue weighted by Crippen LogP contribution is 2.31. The molecule has 7 heteroatoms. The molecule has 1 spiro atoms. The predicted molar refractivity (Wildman–Crippen MR) is 97.0 cm³/mol. The molecule has 4 rings (SSSR count). The molecule has 2 fully saturated rings. The van der Waals surface area contributed by atoms with E-state index in [2.05, 4.69) is 19.9 Å². The van der Waals surface area contributed by atoms with Crippen molar-refractivity contribution in [1.29, 1.82) is 0 Å². The maximum atomic E-state index is 12.9. The van der Waals surface area contributed by atoms with Crippen LogP contribution < -0.4 is 4.90 Å². The van der Waals surface area contributed by atoms with Crippen molar-refractivity contribution in [3.8, 4) is 0 Å². The van der Waals surface area contributed by atoms with E-state index in [0.717, 1.165) is 37.4 Å². The van der Waals surface area contributed by atoms with Gasteiger partial charge in [-0.05, 0) is 31.9 Å².